The van der Waals surface area contributed by atoms with E-state index in [9.17, 15) is 15.4 Å². The molecule has 5 atom stereocenters. The number of hydrogen-bond acceptors (Lipinski definition) is 14. The van der Waals surface area contributed by atoms with Gasteiger partial charge in [-0.25, -0.2) is 19.6 Å². The second-order valence-corrected chi connectivity index (χ2v) is 27.3. The van der Waals surface area contributed by atoms with Crippen molar-refractivity contribution in [1.29, 1.82) is 5.26 Å². The fourth-order valence-corrected chi connectivity index (χ4v) is 12.5. The number of non-ortho nitro benzene ring substituents is 1. The third-order valence-corrected chi connectivity index (χ3v) is 21.0. The molecule has 0 bridgehead atoms. The predicted molar refractivity (Wildman–Crippen MR) is 307 cm³/mol. The van der Waals surface area contributed by atoms with E-state index < -0.39 is 51.9 Å². The lowest BCUT2D eigenvalue weighted by atomic mass is 9.80. The highest BCUT2D eigenvalue weighted by Gasteiger charge is 2.55. The summed E-state index contributed by atoms with van der Waals surface area (Å²) in [4.78, 5) is 26.6. The molecule has 16 nitrogen and oxygen atoms in total. The van der Waals surface area contributed by atoms with Gasteiger partial charge in [0.15, 0.2) is 20.2 Å². The van der Waals surface area contributed by atoms with Crippen LogP contribution in [0.25, 0.3) is 34.7 Å². The number of ether oxygens (including phenoxy) is 4. The molecule has 3 heterocycles. The van der Waals surface area contributed by atoms with E-state index in [1.807, 2.05) is 126 Å². The highest BCUT2D eigenvalue weighted by Crippen LogP contribution is 2.53. The van der Waals surface area contributed by atoms with E-state index in [1.54, 1.807) is 26.4 Å². The Morgan fingerprint density at radius 1 is 0.808 bits per heavy atom. The Balaban J connectivity index is 1.39. The Bertz CT molecular complexity index is 3110. The van der Waals surface area contributed by atoms with Gasteiger partial charge in [-0.1, -0.05) is 112 Å². The topological polar surface area (TPSA) is 178 Å². The van der Waals surface area contributed by atoms with Gasteiger partial charge in [0, 0.05) is 29.8 Å². The first-order valence-electron chi connectivity index (χ1n) is 26.2. The largest absolute Gasteiger partial charge is 0.497 e. The number of nitrogens with zero attached hydrogens (tertiary/aromatic N) is 7. The fourth-order valence-electron chi connectivity index (χ4n) is 9.46. The minimum Gasteiger partial charge on any atom is -0.497 e. The summed E-state index contributed by atoms with van der Waals surface area (Å²) in [6.07, 6.45) is 1.83. The molecule has 0 aliphatic carbocycles. The van der Waals surface area contributed by atoms with E-state index in [4.69, 9.17) is 47.4 Å². The van der Waals surface area contributed by atoms with E-state index in [2.05, 4.69) is 72.3 Å². The van der Waals surface area contributed by atoms with Crippen molar-refractivity contribution in [2.75, 3.05) is 27.4 Å². The summed E-state index contributed by atoms with van der Waals surface area (Å²) in [6.45, 7) is 19.4. The van der Waals surface area contributed by atoms with Crippen LogP contribution in [-0.2, 0) is 28.5 Å². The molecule has 8 rings (SSSR count). The van der Waals surface area contributed by atoms with Crippen LogP contribution >= 0.6 is 8.53 Å². The molecule has 5 aromatic carbocycles. The van der Waals surface area contributed by atoms with Gasteiger partial charge in [0.2, 0.25) is 0 Å². The van der Waals surface area contributed by atoms with Crippen molar-refractivity contribution in [2.24, 2.45) is 0 Å². The maximum absolute atomic E-state index is 12.1. The molecule has 78 heavy (non-hydrogen) atoms. The number of fused-ring (bicyclic) bond motifs is 1. The molecule has 0 saturated carbocycles. The average Bonchev–Trinajstić information content (AvgIpc) is 4.18. The number of nitro benzene ring substituents is 1. The lowest BCUT2D eigenvalue weighted by Gasteiger charge is -2.42. The van der Waals surface area contributed by atoms with Crippen LogP contribution in [0.4, 0.5) is 5.69 Å². The van der Waals surface area contributed by atoms with Crippen molar-refractivity contribution in [3.8, 4) is 29.0 Å². The first-order valence-corrected chi connectivity index (χ1v) is 30.2. The van der Waals surface area contributed by atoms with Crippen molar-refractivity contribution >= 4 is 45.8 Å². The number of benzene rings is 5. The van der Waals surface area contributed by atoms with Gasteiger partial charge in [0.25, 0.3) is 14.2 Å². The van der Waals surface area contributed by atoms with Crippen molar-refractivity contribution in [3.05, 3.63) is 178 Å². The molecule has 1 saturated heterocycles. The van der Waals surface area contributed by atoms with Gasteiger partial charge >= 0.3 is 0 Å². The van der Waals surface area contributed by atoms with Gasteiger partial charge in [-0.15, -0.1) is 0 Å². The van der Waals surface area contributed by atoms with Crippen LogP contribution in [0.2, 0.25) is 18.1 Å². The highest BCUT2D eigenvalue weighted by atomic mass is 31.2. The van der Waals surface area contributed by atoms with E-state index in [0.717, 1.165) is 22.3 Å². The monoisotopic (exact) mass is 1090 g/mol. The maximum Gasteiger partial charge on any atom is 0.269 e. The van der Waals surface area contributed by atoms with E-state index in [0.29, 0.717) is 39.7 Å². The van der Waals surface area contributed by atoms with Crippen molar-refractivity contribution in [3.63, 3.8) is 0 Å². The number of aromatic nitrogens is 4. The lowest BCUT2D eigenvalue weighted by molar-refractivity contribution is -0.384. The number of rotatable bonds is 23. The third kappa shape index (κ3) is 12.4. The number of nitro groups is 1. The quantitative estimate of drug-likeness (QED) is 0.0147. The second-order valence-electron chi connectivity index (χ2n) is 21.1. The van der Waals surface area contributed by atoms with Crippen LogP contribution in [0, 0.1) is 21.4 Å². The van der Waals surface area contributed by atoms with Crippen LogP contribution in [0.3, 0.4) is 0 Å². The molecule has 1 fully saturated rings. The van der Waals surface area contributed by atoms with Crippen molar-refractivity contribution in [2.45, 2.75) is 115 Å². The molecule has 18 heteroatoms. The molecule has 2 aromatic heterocycles. The van der Waals surface area contributed by atoms with Crippen LogP contribution in [0.1, 0.15) is 89.1 Å². The van der Waals surface area contributed by atoms with Crippen molar-refractivity contribution in [1.82, 2.24) is 24.2 Å². The first kappa shape index (κ1) is 57.5. The summed E-state index contributed by atoms with van der Waals surface area (Å²) in [5.74, 6) is 1.78. The van der Waals surface area contributed by atoms with E-state index in [-0.39, 0.29) is 42.4 Å². The summed E-state index contributed by atoms with van der Waals surface area (Å²) in [5.41, 5.74) is 4.15. The summed E-state index contributed by atoms with van der Waals surface area (Å²) in [5, 5.41) is 21.6. The number of hydrogen-bond donors (Lipinski definition) is 0. The zero-order valence-corrected chi connectivity index (χ0v) is 48.2. The summed E-state index contributed by atoms with van der Waals surface area (Å²) >= 11 is 0. The smallest absolute Gasteiger partial charge is 0.269 e. The highest BCUT2D eigenvalue weighted by molar-refractivity contribution is 7.44. The number of methoxy groups -OCH3 is 2. The molecule has 408 valence electrons. The summed E-state index contributed by atoms with van der Waals surface area (Å²) in [7, 11) is -1.43. The molecule has 1 unspecified atom stereocenters. The third-order valence-electron chi connectivity index (χ3n) is 14.4. The molecule has 0 spiro atoms. The van der Waals surface area contributed by atoms with Crippen molar-refractivity contribution < 1.29 is 37.3 Å². The minimum absolute atomic E-state index is 0.0351. The van der Waals surface area contributed by atoms with Gasteiger partial charge in [-0.05, 0) is 111 Å². The zero-order chi connectivity index (χ0) is 55.8. The second kappa shape index (κ2) is 25.0. The first-order chi connectivity index (χ1) is 37.4. The molecule has 0 amide bonds. The van der Waals surface area contributed by atoms with Gasteiger partial charge in [0.05, 0.1) is 50.5 Å². The molecule has 1 aliphatic heterocycles. The normalized spacial score (nSPS) is 17.6. The zero-order valence-electron chi connectivity index (χ0n) is 46.3. The van der Waals surface area contributed by atoms with Gasteiger partial charge in [0.1, 0.15) is 53.1 Å². The van der Waals surface area contributed by atoms with Crippen LogP contribution in [0.15, 0.2) is 140 Å². The van der Waals surface area contributed by atoms with Crippen LogP contribution in [-0.4, -0.2) is 95.3 Å². The SMILES string of the molecule is COc1ccc(C(OC[C@H]2O[C@@H](n3c(-c4ccc([N+](=O)[O-])cc4)nc4c(/C=C/c5ccccc5)ncnc43)[C@H](O[Si](C)(C)C(C)(C)C)[C@@H]2OP(OCCC#N)N(C(C)C)C(C)C)(c2ccccc2)c2ccc(OC)cc2)cc1. The minimum atomic E-state index is -2.80. The fraction of sp³-hybridized carbons (Fsp3) is 0.367. The Kier molecular flexibility index (Phi) is 18.4. The van der Waals surface area contributed by atoms with Gasteiger partial charge < -0.3 is 32.4 Å². The Morgan fingerprint density at radius 2 is 1.38 bits per heavy atom. The number of imidazole rings is 1. The molecule has 0 radical (unpaired) electrons. The molecular formula is C60H70N7O9PSi. The van der Waals surface area contributed by atoms with E-state index in [1.165, 1.54) is 18.5 Å². The Labute approximate surface area is 460 Å². The molecule has 7 aromatic rings. The average molecular weight is 1090 g/mol. The Hall–Kier alpha value is -6.71. The molecule has 1 aliphatic rings. The summed E-state index contributed by atoms with van der Waals surface area (Å²) in [6, 6.07) is 44.1. The predicted octanol–water partition coefficient (Wildman–Crippen LogP) is 13.5. The maximum atomic E-state index is 12.1. The van der Waals surface area contributed by atoms with Gasteiger partial charge in [-0.3, -0.25) is 14.7 Å². The molecular weight excluding hydrogens is 1020 g/mol. The standard InChI is InChI=1S/C60H70N7O9PSi/c1-41(2)66(42(3)4)77(73-38-18-37-61)75-54-52(39-72-60(45-21-16-13-17-22-45,46-26-32-49(70-8)33-27-46)47-28-34-50(71-9)35-29-47)74-58(55(54)76-78(10,11)59(5,6)7)65-56(44-24-30-48(31-25-44)67(68)69)64-53-51(62-40-63-57(53)65)36-23-43-19-14-12-15-20-43/h12-17,19-36,40-42,52,54-55,58H,18,38-39H2,1-11H3/b36-23+/t52-,54-,55-,58-,77?/m1/s1. The van der Waals surface area contributed by atoms with Crippen LogP contribution in [0.5, 0.6) is 11.5 Å². The lowest BCUT2D eigenvalue weighted by Crippen LogP contribution is -2.50. The van der Waals surface area contributed by atoms with E-state index >= 15 is 0 Å². The number of nitriles is 1. The van der Waals surface area contributed by atoms with Gasteiger partial charge in [-0.2, -0.15) is 5.26 Å². The molecule has 0 N–H and O–H groups in total. The summed E-state index contributed by atoms with van der Waals surface area (Å²) < 4.78 is 52.8. The van der Waals surface area contributed by atoms with Crippen LogP contribution < -0.4 is 9.47 Å². The Morgan fingerprint density at radius 3 is 1.92 bits per heavy atom.